The van der Waals surface area contributed by atoms with Crippen LogP contribution in [0.3, 0.4) is 0 Å². The fraction of sp³-hybridized carbons (Fsp3) is 0.533. The monoisotopic (exact) mass is 282 g/mol. The molecule has 0 aliphatic heterocycles. The molecule has 5 heteroatoms. The predicted molar refractivity (Wildman–Crippen MR) is 77.2 cm³/mol. The third kappa shape index (κ3) is 3.93. The zero-order chi connectivity index (χ0) is 15.1. The molecule has 4 nitrogen and oxygen atoms in total. The molecular weight excluding hydrogens is 259 g/mol. The molecule has 0 spiro atoms. The lowest BCUT2D eigenvalue weighted by Crippen LogP contribution is -2.40. The third-order valence-corrected chi connectivity index (χ3v) is 3.18. The first-order valence-corrected chi connectivity index (χ1v) is 6.98. The predicted octanol–water partition coefficient (Wildman–Crippen LogP) is 1.96. The number of nitrogens with zero attached hydrogens (tertiary/aromatic N) is 1. The summed E-state index contributed by atoms with van der Waals surface area (Å²) >= 11 is 0. The molecule has 0 aliphatic carbocycles. The van der Waals surface area contributed by atoms with Gasteiger partial charge in [0.2, 0.25) is 0 Å². The molecule has 0 bridgehead atoms. The maximum Gasteiger partial charge on any atom is 0.263 e. The van der Waals surface area contributed by atoms with E-state index < -0.39 is 11.9 Å². The van der Waals surface area contributed by atoms with Crippen LogP contribution >= 0.6 is 0 Å². The summed E-state index contributed by atoms with van der Waals surface area (Å²) in [7, 11) is 0. The summed E-state index contributed by atoms with van der Waals surface area (Å²) in [5, 5.41) is 0. The number of hydrogen-bond donors (Lipinski definition) is 1. The third-order valence-electron chi connectivity index (χ3n) is 3.18. The van der Waals surface area contributed by atoms with Gasteiger partial charge in [0, 0.05) is 13.1 Å². The van der Waals surface area contributed by atoms with Crippen molar-refractivity contribution in [1.29, 1.82) is 0 Å². The average Bonchev–Trinajstić information content (AvgIpc) is 2.44. The second-order valence-electron chi connectivity index (χ2n) is 4.54. The van der Waals surface area contributed by atoms with Gasteiger partial charge in [0.1, 0.15) is 0 Å². The van der Waals surface area contributed by atoms with Crippen LogP contribution in [0, 0.1) is 5.82 Å². The van der Waals surface area contributed by atoms with Crippen LogP contribution in [0.5, 0.6) is 5.75 Å². The van der Waals surface area contributed by atoms with Crippen LogP contribution in [0.15, 0.2) is 18.2 Å². The van der Waals surface area contributed by atoms with E-state index in [1.54, 1.807) is 24.0 Å². The topological polar surface area (TPSA) is 55.6 Å². The van der Waals surface area contributed by atoms with Gasteiger partial charge in [-0.05, 0) is 45.4 Å². The van der Waals surface area contributed by atoms with Crippen LogP contribution in [-0.4, -0.2) is 36.5 Å². The highest BCUT2D eigenvalue weighted by Crippen LogP contribution is 2.24. The highest BCUT2D eigenvalue weighted by Gasteiger charge is 2.22. The van der Waals surface area contributed by atoms with Crippen molar-refractivity contribution in [1.82, 2.24) is 4.90 Å². The molecule has 0 heterocycles. The van der Waals surface area contributed by atoms with Crippen LogP contribution in [0.25, 0.3) is 0 Å². The highest BCUT2D eigenvalue weighted by atomic mass is 19.1. The molecule has 1 amide bonds. The summed E-state index contributed by atoms with van der Waals surface area (Å²) in [5.41, 5.74) is 6.19. The van der Waals surface area contributed by atoms with Crippen molar-refractivity contribution >= 4 is 5.91 Å². The van der Waals surface area contributed by atoms with Gasteiger partial charge in [0.25, 0.3) is 5.91 Å². The van der Waals surface area contributed by atoms with E-state index in [4.69, 9.17) is 10.5 Å². The second kappa shape index (κ2) is 7.85. The molecule has 0 radical (unpaired) electrons. The number of para-hydroxylation sites is 1. The van der Waals surface area contributed by atoms with E-state index in [1.807, 2.05) is 13.8 Å². The summed E-state index contributed by atoms with van der Waals surface area (Å²) in [5.74, 6) is -0.474. The maximum absolute atomic E-state index is 13.9. The average molecular weight is 282 g/mol. The van der Waals surface area contributed by atoms with Crippen molar-refractivity contribution in [3.8, 4) is 5.75 Å². The van der Waals surface area contributed by atoms with Gasteiger partial charge >= 0.3 is 0 Å². The van der Waals surface area contributed by atoms with Crippen molar-refractivity contribution in [3.05, 3.63) is 29.6 Å². The molecule has 0 fully saturated rings. The molecule has 112 valence electrons. The van der Waals surface area contributed by atoms with Crippen LogP contribution in [-0.2, 0) is 11.2 Å². The fourth-order valence-corrected chi connectivity index (χ4v) is 2.06. The number of nitrogens with two attached hydrogens (primary N) is 1. The molecule has 0 saturated carbocycles. The maximum atomic E-state index is 13.9. The SMILES string of the molecule is CCN(CC)C(=O)C(C)Oc1c(F)cccc1CCN. The number of halogens is 1. The number of carbonyl (C=O) groups is 1. The molecule has 1 aromatic carbocycles. The van der Waals surface area contributed by atoms with Crippen LogP contribution in [0.2, 0.25) is 0 Å². The number of ether oxygens (including phenoxy) is 1. The summed E-state index contributed by atoms with van der Waals surface area (Å²) in [4.78, 5) is 13.8. The van der Waals surface area contributed by atoms with E-state index in [1.165, 1.54) is 6.07 Å². The molecule has 0 saturated heterocycles. The van der Waals surface area contributed by atoms with E-state index >= 15 is 0 Å². The van der Waals surface area contributed by atoms with Crippen LogP contribution in [0.4, 0.5) is 4.39 Å². The first-order valence-electron chi connectivity index (χ1n) is 6.98. The molecular formula is C15H23FN2O2. The van der Waals surface area contributed by atoms with E-state index in [2.05, 4.69) is 0 Å². The number of amides is 1. The molecule has 0 aromatic heterocycles. The zero-order valence-corrected chi connectivity index (χ0v) is 12.4. The Hall–Kier alpha value is -1.62. The normalized spacial score (nSPS) is 12.1. The standard InChI is InChI=1S/C15H23FN2O2/c1-4-18(5-2)15(19)11(3)20-14-12(9-10-17)7-6-8-13(14)16/h6-8,11H,4-5,9-10,17H2,1-3H3. The van der Waals surface area contributed by atoms with Gasteiger partial charge in [-0.25, -0.2) is 4.39 Å². The molecule has 1 rings (SSSR count). The Labute approximate surface area is 119 Å². The Morgan fingerprint density at radius 2 is 2.05 bits per heavy atom. The Bertz CT molecular complexity index is 447. The van der Waals surface area contributed by atoms with Gasteiger partial charge in [-0.3, -0.25) is 4.79 Å². The molecule has 1 atom stereocenters. The fourth-order valence-electron chi connectivity index (χ4n) is 2.06. The summed E-state index contributed by atoms with van der Waals surface area (Å²) in [6, 6.07) is 4.70. The first kappa shape index (κ1) is 16.4. The quantitative estimate of drug-likeness (QED) is 0.832. The lowest BCUT2D eigenvalue weighted by atomic mass is 10.1. The van der Waals surface area contributed by atoms with Crippen molar-refractivity contribution in [2.75, 3.05) is 19.6 Å². The van der Waals surface area contributed by atoms with E-state index in [0.29, 0.717) is 31.6 Å². The van der Waals surface area contributed by atoms with Crippen molar-refractivity contribution in [3.63, 3.8) is 0 Å². The summed E-state index contributed by atoms with van der Waals surface area (Å²) < 4.78 is 19.4. The Morgan fingerprint density at radius 3 is 2.60 bits per heavy atom. The van der Waals surface area contributed by atoms with Crippen LogP contribution < -0.4 is 10.5 Å². The molecule has 1 aromatic rings. The van der Waals surface area contributed by atoms with Gasteiger partial charge in [0.15, 0.2) is 17.7 Å². The lowest BCUT2D eigenvalue weighted by molar-refractivity contribution is -0.137. The molecule has 0 aliphatic rings. The lowest BCUT2D eigenvalue weighted by Gasteiger charge is -2.24. The molecule has 2 N–H and O–H groups in total. The van der Waals surface area contributed by atoms with Crippen molar-refractivity contribution in [2.24, 2.45) is 5.73 Å². The van der Waals surface area contributed by atoms with Gasteiger partial charge in [0.05, 0.1) is 0 Å². The second-order valence-corrected chi connectivity index (χ2v) is 4.54. The van der Waals surface area contributed by atoms with E-state index in [9.17, 15) is 9.18 Å². The summed E-state index contributed by atoms with van der Waals surface area (Å²) in [6.07, 6.45) is -0.206. The van der Waals surface area contributed by atoms with Crippen LogP contribution in [0.1, 0.15) is 26.3 Å². The number of rotatable bonds is 7. The van der Waals surface area contributed by atoms with E-state index in [0.717, 1.165) is 0 Å². The van der Waals surface area contributed by atoms with Crippen molar-refractivity contribution in [2.45, 2.75) is 33.3 Å². The van der Waals surface area contributed by atoms with E-state index in [-0.39, 0.29) is 11.7 Å². The molecule has 20 heavy (non-hydrogen) atoms. The van der Waals surface area contributed by atoms with Gasteiger partial charge in [-0.2, -0.15) is 0 Å². The highest BCUT2D eigenvalue weighted by molar-refractivity contribution is 5.80. The smallest absolute Gasteiger partial charge is 0.263 e. The Kier molecular flexibility index (Phi) is 6.45. The first-order chi connectivity index (χ1) is 9.54. The minimum Gasteiger partial charge on any atom is -0.478 e. The van der Waals surface area contributed by atoms with Crippen molar-refractivity contribution < 1.29 is 13.9 Å². The summed E-state index contributed by atoms with van der Waals surface area (Å²) in [6.45, 7) is 7.05. The van der Waals surface area contributed by atoms with Gasteiger partial charge in [-0.1, -0.05) is 12.1 Å². The minimum atomic E-state index is -0.719. The van der Waals surface area contributed by atoms with Gasteiger partial charge in [-0.15, -0.1) is 0 Å². The minimum absolute atomic E-state index is 0.131. The number of benzene rings is 1. The Morgan fingerprint density at radius 1 is 1.40 bits per heavy atom. The molecule has 1 unspecified atom stereocenters. The largest absolute Gasteiger partial charge is 0.478 e. The van der Waals surface area contributed by atoms with Gasteiger partial charge < -0.3 is 15.4 Å². The zero-order valence-electron chi connectivity index (χ0n) is 12.4. The Balaban J connectivity index is 2.89. The number of likely N-dealkylation sites (N-methyl/N-ethyl adjacent to an activating group) is 1. The number of hydrogen-bond acceptors (Lipinski definition) is 3. The number of carbonyl (C=O) groups excluding carboxylic acids is 1.